The van der Waals surface area contributed by atoms with E-state index in [2.05, 4.69) is 51.6 Å². The molecule has 21 heavy (non-hydrogen) atoms. The molecular formula is C16H19Cl2N3. The molecule has 2 aliphatic rings. The minimum absolute atomic E-state index is 0. The van der Waals surface area contributed by atoms with Crippen LogP contribution in [0.4, 0.5) is 5.69 Å². The van der Waals surface area contributed by atoms with Crippen LogP contribution in [-0.2, 0) is 6.54 Å². The largest absolute Gasteiger partial charge is 0.369 e. The van der Waals surface area contributed by atoms with Gasteiger partial charge in [-0.15, -0.1) is 24.8 Å². The number of fused-ring (bicyclic) bond motifs is 3. The van der Waals surface area contributed by atoms with Gasteiger partial charge in [0.2, 0.25) is 0 Å². The van der Waals surface area contributed by atoms with Gasteiger partial charge >= 0.3 is 0 Å². The van der Waals surface area contributed by atoms with Gasteiger partial charge in [0.05, 0.1) is 0 Å². The Balaban J connectivity index is 0.000000807. The summed E-state index contributed by atoms with van der Waals surface area (Å²) in [5.74, 6) is 0.609. The monoisotopic (exact) mass is 323 g/mol. The van der Waals surface area contributed by atoms with Crippen LogP contribution in [0.5, 0.6) is 0 Å². The Morgan fingerprint density at radius 1 is 1.00 bits per heavy atom. The van der Waals surface area contributed by atoms with Crippen LogP contribution < -0.4 is 10.2 Å². The molecular weight excluding hydrogens is 305 g/mol. The Kier molecular flexibility index (Phi) is 5.09. The van der Waals surface area contributed by atoms with Gasteiger partial charge in [0.15, 0.2) is 0 Å². The quantitative estimate of drug-likeness (QED) is 0.874. The van der Waals surface area contributed by atoms with Gasteiger partial charge in [0, 0.05) is 49.7 Å². The fraction of sp³-hybridized carbons (Fsp3) is 0.312. The second-order valence-electron chi connectivity index (χ2n) is 5.40. The van der Waals surface area contributed by atoms with Crippen LogP contribution in [0.3, 0.4) is 0 Å². The number of hydrogen-bond acceptors (Lipinski definition) is 3. The fourth-order valence-corrected chi connectivity index (χ4v) is 3.39. The van der Waals surface area contributed by atoms with E-state index in [9.17, 15) is 0 Å². The molecule has 3 heterocycles. The Bertz CT molecular complexity index is 591. The third-order valence-corrected chi connectivity index (χ3v) is 4.36. The molecule has 1 aromatic carbocycles. The van der Waals surface area contributed by atoms with E-state index in [-0.39, 0.29) is 24.8 Å². The zero-order valence-electron chi connectivity index (χ0n) is 11.6. The number of anilines is 1. The standard InChI is InChI=1S/C16H17N3.2ClH/c1-2-4-14-12(3-1)9-18-16-11-19(10-15(14)16)13-5-7-17-8-6-13;;/h1-8,15-16,18H,9-11H2;2*1H/t15-,16+;;/m0../s1. The Labute approximate surface area is 137 Å². The highest BCUT2D eigenvalue weighted by Gasteiger charge is 2.37. The lowest BCUT2D eigenvalue weighted by Crippen LogP contribution is -2.39. The highest BCUT2D eigenvalue weighted by atomic mass is 35.5. The predicted octanol–water partition coefficient (Wildman–Crippen LogP) is 3.00. The van der Waals surface area contributed by atoms with E-state index in [1.807, 2.05) is 12.4 Å². The summed E-state index contributed by atoms with van der Waals surface area (Å²) < 4.78 is 0. The first-order chi connectivity index (χ1) is 9.42. The molecule has 5 heteroatoms. The summed E-state index contributed by atoms with van der Waals surface area (Å²) in [7, 11) is 0. The molecule has 2 atom stereocenters. The van der Waals surface area contributed by atoms with E-state index in [1.54, 1.807) is 0 Å². The number of hydrogen-bond donors (Lipinski definition) is 1. The normalized spacial score (nSPS) is 22.6. The molecule has 1 N–H and O–H groups in total. The smallest absolute Gasteiger partial charge is 0.0397 e. The minimum atomic E-state index is 0. The molecule has 0 spiro atoms. The van der Waals surface area contributed by atoms with Gasteiger partial charge in [-0.3, -0.25) is 4.98 Å². The lowest BCUT2D eigenvalue weighted by atomic mass is 9.87. The number of aromatic nitrogens is 1. The van der Waals surface area contributed by atoms with Crippen molar-refractivity contribution in [3.05, 3.63) is 59.9 Å². The van der Waals surface area contributed by atoms with Gasteiger partial charge in [0.1, 0.15) is 0 Å². The Morgan fingerprint density at radius 2 is 1.76 bits per heavy atom. The summed E-state index contributed by atoms with van der Waals surface area (Å²) in [6.45, 7) is 3.18. The average molecular weight is 324 g/mol. The van der Waals surface area contributed by atoms with Crippen molar-refractivity contribution in [2.45, 2.75) is 18.5 Å². The topological polar surface area (TPSA) is 28.2 Å². The number of nitrogens with one attached hydrogen (secondary N) is 1. The van der Waals surface area contributed by atoms with Gasteiger partial charge < -0.3 is 10.2 Å². The van der Waals surface area contributed by atoms with Crippen molar-refractivity contribution >= 4 is 30.5 Å². The van der Waals surface area contributed by atoms with Crippen molar-refractivity contribution in [1.82, 2.24) is 10.3 Å². The highest BCUT2D eigenvalue weighted by molar-refractivity contribution is 5.85. The van der Waals surface area contributed by atoms with Crippen molar-refractivity contribution in [3.63, 3.8) is 0 Å². The molecule has 0 saturated carbocycles. The summed E-state index contributed by atoms with van der Waals surface area (Å²) in [5.41, 5.74) is 4.27. The first-order valence-electron chi connectivity index (χ1n) is 6.88. The molecule has 4 rings (SSSR count). The van der Waals surface area contributed by atoms with Crippen LogP contribution in [0, 0.1) is 0 Å². The number of benzene rings is 1. The molecule has 0 bridgehead atoms. The highest BCUT2D eigenvalue weighted by Crippen LogP contribution is 2.35. The third kappa shape index (κ3) is 2.86. The van der Waals surface area contributed by atoms with E-state index in [4.69, 9.17) is 0 Å². The van der Waals surface area contributed by atoms with E-state index >= 15 is 0 Å². The van der Waals surface area contributed by atoms with Crippen LogP contribution in [0.2, 0.25) is 0 Å². The lowest BCUT2D eigenvalue weighted by Gasteiger charge is -2.28. The van der Waals surface area contributed by atoms with Gasteiger partial charge in [-0.25, -0.2) is 0 Å². The summed E-state index contributed by atoms with van der Waals surface area (Å²) in [4.78, 5) is 6.57. The van der Waals surface area contributed by atoms with Crippen LogP contribution in [0.15, 0.2) is 48.8 Å². The van der Waals surface area contributed by atoms with E-state index in [0.29, 0.717) is 12.0 Å². The number of nitrogens with zero attached hydrogens (tertiary/aromatic N) is 2. The van der Waals surface area contributed by atoms with E-state index < -0.39 is 0 Å². The van der Waals surface area contributed by atoms with Crippen LogP contribution in [0.1, 0.15) is 17.0 Å². The average Bonchev–Trinajstić information content (AvgIpc) is 2.93. The summed E-state index contributed by atoms with van der Waals surface area (Å²) >= 11 is 0. The van der Waals surface area contributed by atoms with Gasteiger partial charge in [-0.05, 0) is 23.3 Å². The fourth-order valence-electron chi connectivity index (χ4n) is 3.39. The molecule has 0 radical (unpaired) electrons. The molecule has 0 amide bonds. The first-order valence-corrected chi connectivity index (χ1v) is 6.88. The minimum Gasteiger partial charge on any atom is -0.369 e. The van der Waals surface area contributed by atoms with Crippen LogP contribution in [-0.4, -0.2) is 24.1 Å². The number of halogens is 2. The molecule has 112 valence electrons. The molecule has 0 unspecified atom stereocenters. The maximum atomic E-state index is 4.10. The lowest BCUT2D eigenvalue weighted by molar-refractivity contribution is 0.472. The zero-order chi connectivity index (χ0) is 12.7. The number of rotatable bonds is 1. The second-order valence-corrected chi connectivity index (χ2v) is 5.40. The molecule has 1 fully saturated rings. The number of pyridine rings is 1. The van der Waals surface area contributed by atoms with Gasteiger partial charge in [0.25, 0.3) is 0 Å². The molecule has 1 saturated heterocycles. The van der Waals surface area contributed by atoms with Crippen molar-refractivity contribution in [3.8, 4) is 0 Å². The van der Waals surface area contributed by atoms with Crippen molar-refractivity contribution in [2.24, 2.45) is 0 Å². The van der Waals surface area contributed by atoms with Crippen molar-refractivity contribution in [1.29, 1.82) is 0 Å². The SMILES string of the molecule is Cl.Cl.c1ccc2c(c1)CN[C@@H]1CN(c3ccncc3)C[C@@H]21. The first kappa shape index (κ1) is 16.1. The second kappa shape index (κ2) is 6.65. The molecule has 0 aliphatic carbocycles. The van der Waals surface area contributed by atoms with Gasteiger partial charge in [-0.1, -0.05) is 24.3 Å². The van der Waals surface area contributed by atoms with E-state index in [1.165, 1.54) is 16.8 Å². The van der Waals surface area contributed by atoms with Crippen LogP contribution >= 0.6 is 24.8 Å². The van der Waals surface area contributed by atoms with Crippen molar-refractivity contribution < 1.29 is 0 Å². The van der Waals surface area contributed by atoms with Crippen molar-refractivity contribution in [2.75, 3.05) is 18.0 Å². The van der Waals surface area contributed by atoms with Crippen LogP contribution in [0.25, 0.3) is 0 Å². The maximum Gasteiger partial charge on any atom is 0.0397 e. The van der Waals surface area contributed by atoms with E-state index in [0.717, 1.165) is 19.6 Å². The summed E-state index contributed by atoms with van der Waals surface area (Å²) in [6.07, 6.45) is 3.75. The van der Waals surface area contributed by atoms with Gasteiger partial charge in [-0.2, -0.15) is 0 Å². The third-order valence-electron chi connectivity index (χ3n) is 4.36. The summed E-state index contributed by atoms with van der Waals surface area (Å²) in [5, 5.41) is 3.68. The Hall–Kier alpha value is -1.29. The predicted molar refractivity (Wildman–Crippen MR) is 90.8 cm³/mol. The zero-order valence-corrected chi connectivity index (χ0v) is 13.2. The molecule has 1 aromatic heterocycles. The molecule has 2 aromatic rings. The molecule has 3 nitrogen and oxygen atoms in total. The maximum absolute atomic E-state index is 4.10. The Morgan fingerprint density at radius 3 is 2.57 bits per heavy atom. The molecule has 2 aliphatic heterocycles. The summed E-state index contributed by atoms with van der Waals surface area (Å²) in [6, 6.07) is 13.6.